The molecule has 0 amide bonds. The highest BCUT2D eigenvalue weighted by Gasteiger charge is 2.16. The second kappa shape index (κ2) is 5.61. The molecule has 0 atom stereocenters. The lowest BCUT2D eigenvalue weighted by molar-refractivity contribution is 0.0593. The van der Waals surface area contributed by atoms with Crippen LogP contribution in [-0.4, -0.2) is 29.7 Å². The maximum atomic E-state index is 11.1. The van der Waals surface area contributed by atoms with E-state index in [0.29, 0.717) is 18.4 Å². The van der Waals surface area contributed by atoms with Crippen molar-refractivity contribution in [3.05, 3.63) is 18.1 Å². The molecular weight excluding hydrogens is 220 g/mol. The summed E-state index contributed by atoms with van der Waals surface area (Å²) in [5.41, 5.74) is 0.195. The van der Waals surface area contributed by atoms with Crippen molar-refractivity contribution >= 4 is 5.97 Å². The highest BCUT2D eigenvalue weighted by atomic mass is 16.5. The van der Waals surface area contributed by atoms with Crippen LogP contribution in [0.1, 0.15) is 36.2 Å². The van der Waals surface area contributed by atoms with Crippen molar-refractivity contribution in [3.63, 3.8) is 0 Å². The molecule has 0 N–H and O–H groups in total. The van der Waals surface area contributed by atoms with Crippen LogP contribution in [0.5, 0.6) is 5.88 Å². The zero-order valence-electron chi connectivity index (χ0n) is 9.89. The summed E-state index contributed by atoms with van der Waals surface area (Å²) in [6, 6.07) is 0. The average Bonchev–Trinajstić information content (AvgIpc) is 2.89. The summed E-state index contributed by atoms with van der Waals surface area (Å²) < 4.78 is 10.1. The van der Waals surface area contributed by atoms with Crippen molar-refractivity contribution < 1.29 is 14.3 Å². The third-order valence-corrected chi connectivity index (χ3v) is 2.96. The van der Waals surface area contributed by atoms with Gasteiger partial charge in [-0.2, -0.15) is 0 Å². The Kier molecular flexibility index (Phi) is 3.90. The van der Waals surface area contributed by atoms with E-state index < -0.39 is 5.97 Å². The van der Waals surface area contributed by atoms with E-state index in [1.165, 1.54) is 45.2 Å². The zero-order chi connectivity index (χ0) is 12.1. The Morgan fingerprint density at radius 3 is 2.71 bits per heavy atom. The lowest BCUT2D eigenvalue weighted by Gasteiger charge is -2.09. The minimum atomic E-state index is -0.486. The summed E-state index contributed by atoms with van der Waals surface area (Å²) in [4.78, 5) is 19.1. The second-order valence-corrected chi connectivity index (χ2v) is 4.19. The molecule has 5 heteroatoms. The molecule has 1 aliphatic rings. The molecule has 5 nitrogen and oxygen atoms in total. The van der Waals surface area contributed by atoms with Crippen LogP contribution in [0.3, 0.4) is 0 Å². The molecule has 0 spiro atoms. The summed E-state index contributed by atoms with van der Waals surface area (Å²) >= 11 is 0. The number of carbonyl (C=O) groups is 1. The van der Waals surface area contributed by atoms with Gasteiger partial charge < -0.3 is 9.47 Å². The standard InChI is InChI=1S/C12H16N2O3/c1-16-12(15)10-6-14-11(7-13-10)17-8-9-4-2-3-5-9/h6-7,9H,2-5,8H2,1H3. The number of methoxy groups -OCH3 is 1. The maximum Gasteiger partial charge on any atom is 0.358 e. The highest BCUT2D eigenvalue weighted by molar-refractivity contribution is 5.86. The number of nitrogens with zero attached hydrogens (tertiary/aromatic N) is 2. The molecule has 2 rings (SSSR count). The molecule has 92 valence electrons. The first-order valence-corrected chi connectivity index (χ1v) is 5.83. The second-order valence-electron chi connectivity index (χ2n) is 4.19. The van der Waals surface area contributed by atoms with E-state index in [0.717, 1.165) is 0 Å². The molecule has 1 fully saturated rings. The van der Waals surface area contributed by atoms with Gasteiger partial charge in [0.25, 0.3) is 0 Å². The Bertz CT molecular complexity index is 372. The zero-order valence-corrected chi connectivity index (χ0v) is 9.89. The SMILES string of the molecule is COC(=O)c1cnc(OCC2CCCC2)cn1. The monoisotopic (exact) mass is 236 g/mol. The van der Waals surface area contributed by atoms with Crippen LogP contribution in [0, 0.1) is 5.92 Å². The Balaban J connectivity index is 1.87. The molecule has 0 aromatic carbocycles. The van der Waals surface area contributed by atoms with Gasteiger partial charge in [-0.1, -0.05) is 12.8 Å². The van der Waals surface area contributed by atoms with Gasteiger partial charge in [-0.05, 0) is 18.8 Å². The first-order valence-electron chi connectivity index (χ1n) is 5.83. The molecule has 0 unspecified atom stereocenters. The van der Waals surface area contributed by atoms with Gasteiger partial charge in [-0.25, -0.2) is 14.8 Å². The van der Waals surface area contributed by atoms with Crippen LogP contribution in [-0.2, 0) is 4.74 Å². The summed E-state index contributed by atoms with van der Waals surface area (Å²) in [7, 11) is 1.31. The molecule has 1 aliphatic carbocycles. The van der Waals surface area contributed by atoms with E-state index in [-0.39, 0.29) is 5.69 Å². The van der Waals surface area contributed by atoms with Crippen molar-refractivity contribution in [1.82, 2.24) is 9.97 Å². The van der Waals surface area contributed by atoms with Crippen molar-refractivity contribution in [3.8, 4) is 5.88 Å². The molecule has 0 radical (unpaired) electrons. The summed E-state index contributed by atoms with van der Waals surface area (Å²) in [5.74, 6) is 0.612. The van der Waals surface area contributed by atoms with Gasteiger partial charge in [0, 0.05) is 0 Å². The number of carbonyl (C=O) groups excluding carboxylic acids is 1. The van der Waals surface area contributed by atoms with E-state index in [2.05, 4.69) is 14.7 Å². The fraction of sp³-hybridized carbons (Fsp3) is 0.583. The van der Waals surface area contributed by atoms with Gasteiger partial charge in [-0.3, -0.25) is 0 Å². The molecule has 17 heavy (non-hydrogen) atoms. The van der Waals surface area contributed by atoms with Crippen molar-refractivity contribution in [2.24, 2.45) is 5.92 Å². The van der Waals surface area contributed by atoms with Crippen LogP contribution in [0.15, 0.2) is 12.4 Å². The molecule has 1 aromatic rings. The number of hydrogen-bond acceptors (Lipinski definition) is 5. The van der Waals surface area contributed by atoms with Gasteiger partial charge in [-0.15, -0.1) is 0 Å². The Hall–Kier alpha value is -1.65. The molecule has 1 aromatic heterocycles. The molecule has 0 bridgehead atoms. The fourth-order valence-electron chi connectivity index (χ4n) is 1.98. The number of esters is 1. The minimum Gasteiger partial charge on any atom is -0.476 e. The molecular formula is C12H16N2O3. The van der Waals surface area contributed by atoms with E-state index in [1.54, 1.807) is 0 Å². The van der Waals surface area contributed by atoms with Crippen LogP contribution >= 0.6 is 0 Å². The fourth-order valence-corrected chi connectivity index (χ4v) is 1.98. The third-order valence-electron chi connectivity index (χ3n) is 2.96. The van der Waals surface area contributed by atoms with Crippen LogP contribution < -0.4 is 4.74 Å². The van der Waals surface area contributed by atoms with Crippen molar-refractivity contribution in [2.45, 2.75) is 25.7 Å². The van der Waals surface area contributed by atoms with Crippen LogP contribution in [0.2, 0.25) is 0 Å². The Morgan fingerprint density at radius 1 is 1.35 bits per heavy atom. The molecule has 1 heterocycles. The van der Waals surface area contributed by atoms with Gasteiger partial charge in [0.1, 0.15) is 0 Å². The maximum absolute atomic E-state index is 11.1. The predicted octanol–water partition coefficient (Wildman–Crippen LogP) is 1.83. The van der Waals surface area contributed by atoms with E-state index in [9.17, 15) is 4.79 Å². The van der Waals surface area contributed by atoms with E-state index >= 15 is 0 Å². The van der Waals surface area contributed by atoms with Gasteiger partial charge in [0.05, 0.1) is 26.1 Å². The summed E-state index contributed by atoms with van der Waals surface area (Å²) in [5, 5.41) is 0. The largest absolute Gasteiger partial charge is 0.476 e. The number of hydrogen-bond donors (Lipinski definition) is 0. The Labute approximate surface area is 100 Å². The van der Waals surface area contributed by atoms with Crippen molar-refractivity contribution in [1.29, 1.82) is 0 Å². The molecule has 1 saturated carbocycles. The predicted molar refractivity (Wildman–Crippen MR) is 60.8 cm³/mol. The molecule has 0 saturated heterocycles. The number of rotatable bonds is 4. The first-order chi connectivity index (χ1) is 8.29. The molecule has 0 aliphatic heterocycles. The summed E-state index contributed by atoms with van der Waals surface area (Å²) in [6.45, 7) is 0.687. The first kappa shape index (κ1) is 11.8. The average molecular weight is 236 g/mol. The topological polar surface area (TPSA) is 61.3 Å². The van der Waals surface area contributed by atoms with Crippen LogP contribution in [0.25, 0.3) is 0 Å². The number of aromatic nitrogens is 2. The van der Waals surface area contributed by atoms with Crippen molar-refractivity contribution in [2.75, 3.05) is 13.7 Å². The smallest absolute Gasteiger partial charge is 0.358 e. The minimum absolute atomic E-state index is 0.195. The highest BCUT2D eigenvalue weighted by Crippen LogP contribution is 2.25. The summed E-state index contributed by atoms with van der Waals surface area (Å²) in [6.07, 6.45) is 7.88. The lowest BCUT2D eigenvalue weighted by atomic mass is 10.1. The van der Waals surface area contributed by atoms with Crippen LogP contribution in [0.4, 0.5) is 0 Å². The quantitative estimate of drug-likeness (QED) is 0.746. The third kappa shape index (κ3) is 3.15. The normalized spacial score (nSPS) is 15.8. The van der Waals surface area contributed by atoms with E-state index in [4.69, 9.17) is 4.74 Å². The van der Waals surface area contributed by atoms with Gasteiger partial charge >= 0.3 is 5.97 Å². The number of ether oxygens (including phenoxy) is 2. The van der Waals surface area contributed by atoms with E-state index in [1.807, 2.05) is 0 Å². The van der Waals surface area contributed by atoms with Gasteiger partial charge in [0.15, 0.2) is 5.69 Å². The lowest BCUT2D eigenvalue weighted by Crippen LogP contribution is -2.10. The van der Waals surface area contributed by atoms with Gasteiger partial charge in [0.2, 0.25) is 5.88 Å². The Morgan fingerprint density at radius 2 is 2.12 bits per heavy atom.